The molecule has 2 unspecified atom stereocenters. The summed E-state index contributed by atoms with van der Waals surface area (Å²) in [5.74, 6) is -0.772. The second-order valence-electron chi connectivity index (χ2n) is 5.30. The van der Waals surface area contributed by atoms with E-state index in [9.17, 15) is 14.8 Å². The van der Waals surface area contributed by atoms with E-state index in [1.807, 2.05) is 0 Å². The van der Waals surface area contributed by atoms with Crippen molar-refractivity contribution < 1.29 is 14.8 Å². The molecule has 2 atom stereocenters. The first-order valence-corrected chi connectivity index (χ1v) is 7.23. The fraction of sp³-hybridized carbons (Fsp3) is 0.125. The van der Waals surface area contributed by atoms with Gasteiger partial charge in [-0.15, -0.1) is 0 Å². The van der Waals surface area contributed by atoms with Crippen molar-refractivity contribution in [2.75, 3.05) is 5.23 Å². The molecule has 3 rings (SSSR count). The van der Waals surface area contributed by atoms with Crippen molar-refractivity contribution in [3.8, 4) is 0 Å². The average molecular weight is 327 g/mol. The third-order valence-electron chi connectivity index (χ3n) is 3.74. The average Bonchev–Trinajstić information content (AvgIpc) is 2.96. The Labute approximate surface area is 137 Å². The molecule has 1 aliphatic heterocycles. The minimum atomic E-state index is -0.855. The van der Waals surface area contributed by atoms with Crippen molar-refractivity contribution in [1.82, 2.24) is 16.2 Å². The van der Waals surface area contributed by atoms with Gasteiger partial charge in [0.1, 0.15) is 6.04 Å². The number of anilines is 1. The van der Waals surface area contributed by atoms with Crippen LogP contribution in [-0.2, 0) is 4.79 Å². The largest absolute Gasteiger partial charge is 0.733 e. The van der Waals surface area contributed by atoms with Crippen molar-refractivity contribution in [3.05, 3.63) is 70.9 Å². The first kappa shape index (κ1) is 15.9. The lowest BCUT2D eigenvalue weighted by Gasteiger charge is -2.24. The topological polar surface area (TPSA) is 117 Å². The second-order valence-corrected chi connectivity index (χ2v) is 5.30. The number of nitrogens with zero attached hydrogens (tertiary/aromatic N) is 1. The summed E-state index contributed by atoms with van der Waals surface area (Å²) >= 11 is 0. The minimum Gasteiger partial charge on any atom is -0.733 e. The molecule has 8 nitrogen and oxygen atoms in total. The number of carbonyl (C=O) groups is 2. The maximum atomic E-state index is 12.3. The zero-order valence-electron chi connectivity index (χ0n) is 12.5. The van der Waals surface area contributed by atoms with E-state index in [0.717, 1.165) is 0 Å². The monoisotopic (exact) mass is 327 g/mol. The van der Waals surface area contributed by atoms with Gasteiger partial charge in [0, 0.05) is 5.56 Å². The summed E-state index contributed by atoms with van der Waals surface area (Å²) < 4.78 is 0. The fourth-order valence-electron chi connectivity index (χ4n) is 2.54. The van der Waals surface area contributed by atoms with Crippen LogP contribution in [-0.4, -0.2) is 23.1 Å². The highest BCUT2D eigenvalue weighted by Gasteiger charge is 2.37. The number of hydrogen-bond donors (Lipinski definition) is 4. The number of benzene rings is 2. The molecule has 2 aromatic rings. The number of carbonyl (C=O) groups excluding carboxylic acids is 2. The molecule has 8 heteroatoms. The molecule has 0 saturated carbocycles. The predicted molar refractivity (Wildman–Crippen MR) is 85.8 cm³/mol. The molecule has 124 valence electrons. The second kappa shape index (κ2) is 6.67. The lowest BCUT2D eigenvalue weighted by Crippen LogP contribution is -2.42. The van der Waals surface area contributed by atoms with E-state index in [2.05, 4.69) is 16.2 Å². The molecular formula is C16H15N4O4-. The molecule has 2 amide bonds. The van der Waals surface area contributed by atoms with Crippen LogP contribution < -0.4 is 21.4 Å². The van der Waals surface area contributed by atoms with Crippen LogP contribution in [0.4, 0.5) is 5.69 Å². The number of hydrogen-bond acceptors (Lipinski definition) is 6. The number of nitrogens with one attached hydrogen (secondary N) is 3. The Hall–Kier alpha value is -2.94. The number of hydrazine groups is 1. The van der Waals surface area contributed by atoms with Crippen LogP contribution in [0.3, 0.4) is 0 Å². The van der Waals surface area contributed by atoms with E-state index in [-0.39, 0.29) is 16.8 Å². The fourth-order valence-corrected chi connectivity index (χ4v) is 2.54. The van der Waals surface area contributed by atoms with Crippen molar-refractivity contribution in [2.45, 2.75) is 12.1 Å². The van der Waals surface area contributed by atoms with E-state index in [4.69, 9.17) is 5.21 Å². The first-order valence-electron chi connectivity index (χ1n) is 7.23. The Morgan fingerprint density at radius 1 is 1.17 bits per heavy atom. The van der Waals surface area contributed by atoms with E-state index in [1.54, 1.807) is 42.5 Å². The molecule has 0 radical (unpaired) electrons. The highest BCUT2D eigenvalue weighted by molar-refractivity contribution is 5.98. The standard InChI is InChI=1S/C16H15N4O4/c21-15(10-5-2-1-3-6-10)17-14-13(18-19-16(14)22)11-7-4-8-12(9-11)20(23)24/h1-9,13-14,18,23H,(H,17,21)(H,19,22)/q-1. The van der Waals surface area contributed by atoms with Crippen molar-refractivity contribution in [2.24, 2.45) is 0 Å². The van der Waals surface area contributed by atoms with Gasteiger partial charge in [0.25, 0.3) is 11.8 Å². The zero-order chi connectivity index (χ0) is 17.1. The highest BCUT2D eigenvalue weighted by atomic mass is 16.8. The molecule has 0 bridgehead atoms. The Balaban J connectivity index is 1.82. The highest BCUT2D eigenvalue weighted by Crippen LogP contribution is 2.24. The molecule has 2 aromatic carbocycles. The summed E-state index contributed by atoms with van der Waals surface area (Å²) in [6, 6.07) is 13.2. The van der Waals surface area contributed by atoms with Crippen molar-refractivity contribution >= 4 is 17.5 Å². The quantitative estimate of drug-likeness (QED) is 0.619. The molecule has 1 heterocycles. The molecule has 1 fully saturated rings. The summed E-state index contributed by atoms with van der Waals surface area (Å²) in [6.07, 6.45) is 0. The lowest BCUT2D eigenvalue weighted by molar-refractivity contribution is -0.121. The van der Waals surface area contributed by atoms with Crippen LogP contribution in [0.5, 0.6) is 0 Å². The summed E-state index contributed by atoms with van der Waals surface area (Å²) in [5.41, 5.74) is 6.28. The van der Waals surface area contributed by atoms with Gasteiger partial charge in [-0.3, -0.25) is 20.2 Å². The maximum Gasteiger partial charge on any atom is 0.258 e. The maximum absolute atomic E-state index is 12.3. The van der Waals surface area contributed by atoms with Gasteiger partial charge in [-0.2, -0.15) is 0 Å². The molecule has 24 heavy (non-hydrogen) atoms. The third kappa shape index (κ3) is 3.20. The van der Waals surface area contributed by atoms with Gasteiger partial charge in [-0.1, -0.05) is 30.3 Å². The summed E-state index contributed by atoms with van der Waals surface area (Å²) in [7, 11) is 0. The zero-order valence-corrected chi connectivity index (χ0v) is 12.5. The number of amides is 2. The van der Waals surface area contributed by atoms with Gasteiger partial charge in [0.05, 0.1) is 11.7 Å². The molecule has 0 spiro atoms. The number of rotatable bonds is 4. The Morgan fingerprint density at radius 3 is 2.62 bits per heavy atom. The lowest BCUT2D eigenvalue weighted by atomic mass is 10.00. The molecule has 4 N–H and O–H groups in total. The van der Waals surface area contributed by atoms with Crippen molar-refractivity contribution in [1.29, 1.82) is 0 Å². The molecular weight excluding hydrogens is 312 g/mol. The van der Waals surface area contributed by atoms with E-state index >= 15 is 0 Å². The van der Waals surface area contributed by atoms with Gasteiger partial charge < -0.3 is 15.8 Å². The summed E-state index contributed by atoms with van der Waals surface area (Å²) in [5, 5.41) is 22.4. The van der Waals surface area contributed by atoms with Crippen LogP contribution in [0.25, 0.3) is 0 Å². The molecule has 1 aliphatic rings. The minimum absolute atomic E-state index is 0.0294. The molecule has 1 saturated heterocycles. The van der Waals surface area contributed by atoms with Gasteiger partial charge in [0.15, 0.2) is 0 Å². The van der Waals surface area contributed by atoms with Gasteiger partial charge in [-0.05, 0) is 29.8 Å². The Kier molecular flexibility index (Phi) is 4.43. The van der Waals surface area contributed by atoms with Crippen LogP contribution in [0.1, 0.15) is 22.0 Å². The van der Waals surface area contributed by atoms with Crippen LogP contribution in [0, 0.1) is 5.21 Å². The van der Waals surface area contributed by atoms with E-state index in [1.165, 1.54) is 12.1 Å². The first-order chi connectivity index (χ1) is 11.6. The Bertz CT molecular complexity index is 751. The van der Waals surface area contributed by atoms with Gasteiger partial charge in [0.2, 0.25) is 0 Å². The van der Waals surface area contributed by atoms with E-state index < -0.39 is 18.0 Å². The smallest absolute Gasteiger partial charge is 0.258 e. The van der Waals surface area contributed by atoms with Crippen molar-refractivity contribution in [3.63, 3.8) is 0 Å². The Morgan fingerprint density at radius 2 is 1.92 bits per heavy atom. The predicted octanol–water partition coefficient (Wildman–Crippen LogP) is 0.854. The summed E-state index contributed by atoms with van der Waals surface area (Å²) in [6.45, 7) is 0. The van der Waals surface area contributed by atoms with Gasteiger partial charge >= 0.3 is 0 Å². The third-order valence-corrected chi connectivity index (χ3v) is 3.74. The normalized spacial score (nSPS) is 19.7. The molecule has 0 aromatic heterocycles. The SMILES string of the molecule is O=C(NC1C(=O)NNC1c1cccc(N([O-])O)c1)c1ccccc1. The van der Waals surface area contributed by atoms with Crippen LogP contribution >= 0.6 is 0 Å². The van der Waals surface area contributed by atoms with Crippen LogP contribution in [0.15, 0.2) is 54.6 Å². The molecule has 0 aliphatic carbocycles. The van der Waals surface area contributed by atoms with Crippen LogP contribution in [0.2, 0.25) is 0 Å². The summed E-state index contributed by atoms with van der Waals surface area (Å²) in [4.78, 5) is 24.3. The van der Waals surface area contributed by atoms with E-state index in [0.29, 0.717) is 11.1 Å². The van der Waals surface area contributed by atoms with Gasteiger partial charge in [-0.25, -0.2) is 5.43 Å².